The Morgan fingerprint density at radius 2 is 2.29 bits per heavy atom. The van der Waals surface area contributed by atoms with E-state index in [0.29, 0.717) is 6.61 Å². The molecule has 17 heavy (non-hydrogen) atoms. The van der Waals surface area contributed by atoms with Crippen molar-refractivity contribution in [3.63, 3.8) is 0 Å². The Balaban J connectivity index is 2.26. The summed E-state index contributed by atoms with van der Waals surface area (Å²) >= 11 is 3.44. The standard InChI is InChI=1S/C13H14BrNO2/c1-8(7-17-9(2)16)12-6-15-13-5-10(14)3-4-11(12)13/h3-6,8,15H,7H2,1-2H3. The lowest BCUT2D eigenvalue weighted by atomic mass is 10.0. The summed E-state index contributed by atoms with van der Waals surface area (Å²) in [6.07, 6.45) is 1.98. The summed E-state index contributed by atoms with van der Waals surface area (Å²) in [7, 11) is 0. The highest BCUT2D eigenvalue weighted by Crippen LogP contribution is 2.27. The molecule has 0 spiro atoms. The second kappa shape index (κ2) is 4.92. The highest BCUT2D eigenvalue weighted by atomic mass is 79.9. The molecule has 2 rings (SSSR count). The molecule has 1 heterocycles. The third-order valence-corrected chi connectivity index (χ3v) is 3.24. The first-order valence-electron chi connectivity index (χ1n) is 5.48. The van der Waals surface area contributed by atoms with Crippen molar-refractivity contribution in [1.82, 2.24) is 4.98 Å². The largest absolute Gasteiger partial charge is 0.465 e. The minimum absolute atomic E-state index is 0.189. The van der Waals surface area contributed by atoms with Crippen LogP contribution in [0.2, 0.25) is 0 Å². The topological polar surface area (TPSA) is 42.1 Å². The number of rotatable bonds is 3. The molecule has 0 aliphatic carbocycles. The van der Waals surface area contributed by atoms with Crippen molar-refractivity contribution in [3.8, 4) is 0 Å². The van der Waals surface area contributed by atoms with Crippen molar-refractivity contribution in [2.45, 2.75) is 19.8 Å². The summed E-state index contributed by atoms with van der Waals surface area (Å²) in [5.41, 5.74) is 2.26. The van der Waals surface area contributed by atoms with Crippen LogP contribution >= 0.6 is 15.9 Å². The van der Waals surface area contributed by atoms with Crippen LogP contribution in [0.1, 0.15) is 25.3 Å². The number of carbonyl (C=O) groups is 1. The van der Waals surface area contributed by atoms with Crippen LogP contribution in [0.15, 0.2) is 28.9 Å². The van der Waals surface area contributed by atoms with Crippen LogP contribution < -0.4 is 0 Å². The van der Waals surface area contributed by atoms with Crippen molar-refractivity contribution >= 4 is 32.8 Å². The quantitative estimate of drug-likeness (QED) is 0.879. The summed E-state index contributed by atoms with van der Waals surface area (Å²) < 4.78 is 6.09. The van der Waals surface area contributed by atoms with Gasteiger partial charge in [-0.2, -0.15) is 0 Å². The first-order valence-corrected chi connectivity index (χ1v) is 6.27. The van der Waals surface area contributed by atoms with E-state index in [2.05, 4.69) is 27.0 Å². The first kappa shape index (κ1) is 12.2. The van der Waals surface area contributed by atoms with Gasteiger partial charge < -0.3 is 9.72 Å². The highest BCUT2D eigenvalue weighted by molar-refractivity contribution is 9.10. The van der Waals surface area contributed by atoms with E-state index < -0.39 is 0 Å². The van der Waals surface area contributed by atoms with Crippen molar-refractivity contribution in [1.29, 1.82) is 0 Å². The average Bonchev–Trinajstić information content (AvgIpc) is 2.68. The second-order valence-corrected chi connectivity index (χ2v) is 5.05. The van der Waals surface area contributed by atoms with E-state index in [1.54, 1.807) is 0 Å². The van der Waals surface area contributed by atoms with E-state index in [4.69, 9.17) is 4.74 Å². The lowest BCUT2D eigenvalue weighted by Crippen LogP contribution is -2.07. The normalized spacial score (nSPS) is 12.6. The monoisotopic (exact) mass is 295 g/mol. The van der Waals surface area contributed by atoms with E-state index >= 15 is 0 Å². The Labute approximate surface area is 108 Å². The molecule has 0 amide bonds. The van der Waals surface area contributed by atoms with Gasteiger partial charge in [0.2, 0.25) is 0 Å². The maximum atomic E-state index is 10.8. The molecule has 0 fully saturated rings. The van der Waals surface area contributed by atoms with Crippen molar-refractivity contribution in [2.75, 3.05) is 6.61 Å². The fourth-order valence-electron chi connectivity index (χ4n) is 1.86. The van der Waals surface area contributed by atoms with Gasteiger partial charge in [-0.3, -0.25) is 4.79 Å². The molecule has 1 N–H and O–H groups in total. The molecule has 1 unspecified atom stereocenters. The first-order chi connectivity index (χ1) is 8.08. The van der Waals surface area contributed by atoms with Gasteiger partial charge in [-0.15, -0.1) is 0 Å². The van der Waals surface area contributed by atoms with Gasteiger partial charge in [0.15, 0.2) is 0 Å². The zero-order chi connectivity index (χ0) is 12.4. The summed E-state index contributed by atoms with van der Waals surface area (Å²) in [5.74, 6) is -0.0479. The fourth-order valence-corrected chi connectivity index (χ4v) is 2.22. The molecule has 0 bridgehead atoms. The van der Waals surface area contributed by atoms with Gasteiger partial charge in [0, 0.05) is 34.4 Å². The minimum atomic E-state index is -0.237. The number of ether oxygens (including phenoxy) is 1. The zero-order valence-electron chi connectivity index (χ0n) is 9.79. The van der Waals surface area contributed by atoms with Crippen LogP contribution in [0.3, 0.4) is 0 Å². The van der Waals surface area contributed by atoms with E-state index in [-0.39, 0.29) is 11.9 Å². The van der Waals surface area contributed by atoms with E-state index in [9.17, 15) is 4.79 Å². The highest BCUT2D eigenvalue weighted by Gasteiger charge is 2.12. The smallest absolute Gasteiger partial charge is 0.302 e. The molecular formula is C13H14BrNO2. The molecule has 0 aliphatic heterocycles. The van der Waals surface area contributed by atoms with Gasteiger partial charge in [-0.25, -0.2) is 0 Å². The molecular weight excluding hydrogens is 282 g/mol. The molecule has 90 valence electrons. The van der Waals surface area contributed by atoms with Crippen LogP contribution in [0.4, 0.5) is 0 Å². The van der Waals surface area contributed by atoms with Gasteiger partial charge in [-0.1, -0.05) is 28.9 Å². The van der Waals surface area contributed by atoms with Crippen molar-refractivity contribution < 1.29 is 9.53 Å². The van der Waals surface area contributed by atoms with Crippen molar-refractivity contribution in [2.24, 2.45) is 0 Å². The number of carbonyl (C=O) groups excluding carboxylic acids is 1. The summed E-state index contributed by atoms with van der Waals surface area (Å²) in [6, 6.07) is 6.12. The number of fused-ring (bicyclic) bond motifs is 1. The van der Waals surface area contributed by atoms with E-state index in [0.717, 1.165) is 9.99 Å². The minimum Gasteiger partial charge on any atom is -0.465 e. The SMILES string of the molecule is CC(=O)OCC(C)c1c[nH]c2cc(Br)ccc12. The molecule has 0 saturated carbocycles. The van der Waals surface area contributed by atoms with Gasteiger partial charge in [-0.05, 0) is 17.7 Å². The third-order valence-electron chi connectivity index (χ3n) is 2.74. The Kier molecular flexibility index (Phi) is 3.52. The van der Waals surface area contributed by atoms with Crippen LogP contribution in [0.5, 0.6) is 0 Å². The second-order valence-electron chi connectivity index (χ2n) is 4.14. The number of aromatic amines is 1. The van der Waals surface area contributed by atoms with E-state index in [1.807, 2.05) is 25.3 Å². The number of halogens is 1. The number of esters is 1. The lowest BCUT2D eigenvalue weighted by Gasteiger charge is -2.10. The molecule has 0 aliphatic rings. The molecule has 1 atom stereocenters. The van der Waals surface area contributed by atoms with Crippen molar-refractivity contribution in [3.05, 3.63) is 34.4 Å². The number of benzene rings is 1. The van der Waals surface area contributed by atoms with Gasteiger partial charge in [0.25, 0.3) is 0 Å². The maximum Gasteiger partial charge on any atom is 0.302 e. The molecule has 4 heteroatoms. The number of hydrogen-bond acceptors (Lipinski definition) is 2. The maximum absolute atomic E-state index is 10.8. The Hall–Kier alpha value is -1.29. The average molecular weight is 296 g/mol. The van der Waals surface area contributed by atoms with Gasteiger partial charge in [0.05, 0.1) is 6.61 Å². The summed E-state index contributed by atoms with van der Waals surface area (Å²) in [6.45, 7) is 3.89. The lowest BCUT2D eigenvalue weighted by molar-refractivity contribution is -0.141. The molecule has 1 aromatic carbocycles. The van der Waals surface area contributed by atoms with Crippen LogP contribution in [0.25, 0.3) is 10.9 Å². The molecule has 3 nitrogen and oxygen atoms in total. The molecule has 0 saturated heterocycles. The van der Waals surface area contributed by atoms with Gasteiger partial charge in [0.1, 0.15) is 0 Å². The Bertz CT molecular complexity index is 547. The predicted octanol–water partition coefficient (Wildman–Crippen LogP) is 3.60. The third kappa shape index (κ3) is 2.69. The Morgan fingerprint density at radius 3 is 3.00 bits per heavy atom. The van der Waals surface area contributed by atoms with Crippen LogP contribution in [0, 0.1) is 0 Å². The summed E-state index contributed by atoms with van der Waals surface area (Å²) in [4.78, 5) is 14.0. The number of nitrogens with one attached hydrogen (secondary N) is 1. The predicted molar refractivity (Wildman–Crippen MR) is 71.0 cm³/mol. The molecule has 0 radical (unpaired) electrons. The van der Waals surface area contributed by atoms with E-state index in [1.165, 1.54) is 17.9 Å². The van der Waals surface area contributed by atoms with Crippen LogP contribution in [-0.2, 0) is 9.53 Å². The summed E-state index contributed by atoms with van der Waals surface area (Å²) in [5, 5.41) is 1.17. The zero-order valence-corrected chi connectivity index (χ0v) is 11.4. The molecule has 1 aromatic heterocycles. The Morgan fingerprint density at radius 1 is 1.53 bits per heavy atom. The number of aromatic nitrogens is 1. The molecule has 2 aromatic rings. The fraction of sp³-hybridized carbons (Fsp3) is 0.308. The van der Waals surface area contributed by atoms with Crippen LogP contribution in [-0.4, -0.2) is 17.6 Å². The number of hydrogen-bond donors (Lipinski definition) is 1. The van der Waals surface area contributed by atoms with Gasteiger partial charge >= 0.3 is 5.97 Å². The number of H-pyrrole nitrogens is 1.